The zero-order chi connectivity index (χ0) is 12.4. The molecule has 0 amide bonds. The van der Waals surface area contributed by atoms with Crippen molar-refractivity contribution >= 4 is 0 Å². The normalized spacial score (nSPS) is 12.5. The highest BCUT2D eigenvalue weighted by molar-refractivity contribution is 5.28. The van der Waals surface area contributed by atoms with E-state index in [1.54, 1.807) is 30.9 Å². The molecule has 4 heteroatoms. The lowest BCUT2D eigenvalue weighted by molar-refractivity contribution is 0.563. The molecule has 0 saturated carbocycles. The molecule has 2 nitrogen and oxygen atoms in total. The fourth-order valence-corrected chi connectivity index (χ4v) is 1.71. The van der Waals surface area contributed by atoms with Gasteiger partial charge in [-0.25, -0.2) is 8.78 Å². The predicted octanol–water partition coefficient (Wildman–Crippen LogP) is 3.38. The minimum atomic E-state index is -0.393. The Morgan fingerprint density at radius 3 is 2.41 bits per heavy atom. The van der Waals surface area contributed by atoms with Gasteiger partial charge in [-0.3, -0.25) is 4.68 Å². The average Bonchev–Trinajstić information content (AvgIpc) is 2.76. The molecule has 0 aliphatic heterocycles. The summed E-state index contributed by atoms with van der Waals surface area (Å²) in [7, 11) is 0. The molecule has 0 spiro atoms. The number of hydrogen-bond acceptors (Lipinski definition) is 1. The molecular weight excluding hydrogens is 222 g/mol. The van der Waals surface area contributed by atoms with Crippen LogP contribution in [0.1, 0.15) is 24.1 Å². The van der Waals surface area contributed by atoms with Crippen molar-refractivity contribution in [1.29, 1.82) is 0 Å². The highest BCUT2D eigenvalue weighted by Gasteiger charge is 2.13. The van der Waals surface area contributed by atoms with Gasteiger partial charge in [-0.05, 0) is 43.7 Å². The van der Waals surface area contributed by atoms with Crippen LogP contribution in [0.4, 0.5) is 8.78 Å². The molecule has 2 aromatic rings. The summed E-state index contributed by atoms with van der Waals surface area (Å²) in [6.07, 6.45) is 3.61. The highest BCUT2D eigenvalue weighted by Crippen LogP contribution is 2.21. The molecule has 1 unspecified atom stereocenters. The van der Waals surface area contributed by atoms with Gasteiger partial charge in [0.1, 0.15) is 11.6 Å². The molecule has 1 atom stereocenters. The molecule has 0 radical (unpaired) electrons. The average molecular weight is 236 g/mol. The van der Waals surface area contributed by atoms with Gasteiger partial charge < -0.3 is 5.43 Å². The number of rotatable bonds is 3. The fourth-order valence-electron chi connectivity index (χ4n) is 1.71. The Morgan fingerprint density at radius 1 is 1.12 bits per heavy atom. The van der Waals surface area contributed by atoms with E-state index in [0.717, 1.165) is 0 Å². The van der Waals surface area contributed by atoms with Crippen LogP contribution in [0.2, 0.25) is 0 Å². The summed E-state index contributed by atoms with van der Waals surface area (Å²) in [5.74, 6) is -0.779. The summed E-state index contributed by atoms with van der Waals surface area (Å²) in [6.45, 7) is 3.33. The van der Waals surface area contributed by atoms with E-state index >= 15 is 0 Å². The summed E-state index contributed by atoms with van der Waals surface area (Å²) in [5, 5.41) is 0. The van der Waals surface area contributed by atoms with E-state index in [1.807, 2.05) is 12.1 Å². The highest BCUT2D eigenvalue weighted by atomic mass is 19.1. The summed E-state index contributed by atoms with van der Waals surface area (Å²) in [4.78, 5) is 0. The molecule has 0 aliphatic carbocycles. The molecule has 1 aromatic carbocycles. The van der Waals surface area contributed by atoms with Crippen molar-refractivity contribution in [1.82, 2.24) is 4.68 Å². The molecule has 1 aromatic heterocycles. The van der Waals surface area contributed by atoms with E-state index in [2.05, 4.69) is 5.43 Å². The van der Waals surface area contributed by atoms with E-state index in [9.17, 15) is 8.78 Å². The molecule has 0 fully saturated rings. The number of nitrogens with zero attached hydrogens (tertiary/aromatic N) is 1. The first-order valence-electron chi connectivity index (χ1n) is 5.43. The Bertz CT molecular complexity index is 506. The van der Waals surface area contributed by atoms with Crippen LogP contribution in [0.5, 0.6) is 0 Å². The first-order chi connectivity index (χ1) is 8.08. The fraction of sp³-hybridized carbons (Fsp3) is 0.231. The van der Waals surface area contributed by atoms with Crippen LogP contribution < -0.4 is 5.43 Å². The van der Waals surface area contributed by atoms with Crippen molar-refractivity contribution < 1.29 is 8.78 Å². The Balaban J connectivity index is 2.24. The van der Waals surface area contributed by atoms with Crippen LogP contribution in [0.15, 0.2) is 36.7 Å². The molecule has 17 heavy (non-hydrogen) atoms. The van der Waals surface area contributed by atoms with Gasteiger partial charge in [-0.1, -0.05) is 0 Å². The summed E-state index contributed by atoms with van der Waals surface area (Å²) >= 11 is 0. The number of benzene rings is 1. The Morgan fingerprint density at radius 2 is 1.76 bits per heavy atom. The van der Waals surface area contributed by atoms with Crippen molar-refractivity contribution in [2.75, 3.05) is 5.43 Å². The maximum atomic E-state index is 13.7. The van der Waals surface area contributed by atoms with Crippen LogP contribution >= 0.6 is 0 Å². The van der Waals surface area contributed by atoms with Crippen molar-refractivity contribution in [3.63, 3.8) is 0 Å². The quantitative estimate of drug-likeness (QED) is 0.864. The van der Waals surface area contributed by atoms with E-state index in [0.29, 0.717) is 11.1 Å². The van der Waals surface area contributed by atoms with Crippen molar-refractivity contribution in [3.05, 3.63) is 59.4 Å². The lowest BCUT2D eigenvalue weighted by Gasteiger charge is -2.17. The van der Waals surface area contributed by atoms with Crippen LogP contribution in [0.25, 0.3) is 0 Å². The molecule has 90 valence electrons. The molecule has 0 saturated heterocycles. The van der Waals surface area contributed by atoms with Gasteiger partial charge in [0.05, 0.1) is 6.04 Å². The topological polar surface area (TPSA) is 17.0 Å². The summed E-state index contributed by atoms with van der Waals surface area (Å²) < 4.78 is 28.8. The van der Waals surface area contributed by atoms with E-state index in [4.69, 9.17) is 0 Å². The standard InChI is InChI=1S/C13H14F2N2/c1-9-7-13(15)11(8-12(9)14)10(2)16-17-5-3-4-6-17/h3-8,10,16H,1-2H3. The smallest absolute Gasteiger partial charge is 0.128 e. The van der Waals surface area contributed by atoms with Crippen molar-refractivity contribution in [2.45, 2.75) is 19.9 Å². The summed E-state index contributed by atoms with van der Waals surface area (Å²) in [6, 6.07) is 5.86. The molecule has 2 rings (SSSR count). The Hall–Kier alpha value is -1.84. The first-order valence-corrected chi connectivity index (χ1v) is 5.43. The second-order valence-electron chi connectivity index (χ2n) is 4.06. The second-order valence-corrected chi connectivity index (χ2v) is 4.06. The van der Waals surface area contributed by atoms with Crippen molar-refractivity contribution in [3.8, 4) is 0 Å². The third kappa shape index (κ3) is 2.46. The van der Waals surface area contributed by atoms with E-state index in [-0.39, 0.29) is 11.9 Å². The SMILES string of the molecule is Cc1cc(F)c(C(C)Nn2cccc2)cc1F. The van der Waals surface area contributed by atoms with Gasteiger partial charge in [-0.2, -0.15) is 0 Å². The lowest BCUT2D eigenvalue weighted by Crippen LogP contribution is -2.18. The largest absolute Gasteiger partial charge is 0.319 e. The number of nitrogens with one attached hydrogen (secondary N) is 1. The van der Waals surface area contributed by atoms with Gasteiger partial charge in [0, 0.05) is 18.0 Å². The molecule has 0 aliphatic rings. The third-order valence-corrected chi connectivity index (χ3v) is 2.69. The number of aromatic nitrogens is 1. The molecular formula is C13H14F2N2. The maximum Gasteiger partial charge on any atom is 0.128 e. The number of halogens is 2. The number of hydrogen-bond donors (Lipinski definition) is 1. The van der Waals surface area contributed by atoms with Gasteiger partial charge in [-0.15, -0.1) is 0 Å². The predicted molar refractivity (Wildman–Crippen MR) is 63.3 cm³/mol. The van der Waals surface area contributed by atoms with Gasteiger partial charge in [0.15, 0.2) is 0 Å². The Labute approximate surface area is 98.9 Å². The monoisotopic (exact) mass is 236 g/mol. The maximum absolute atomic E-state index is 13.7. The Kier molecular flexibility index (Phi) is 3.13. The molecule has 1 N–H and O–H groups in total. The van der Waals surface area contributed by atoms with Crippen LogP contribution in [0.3, 0.4) is 0 Å². The van der Waals surface area contributed by atoms with E-state index in [1.165, 1.54) is 12.1 Å². The minimum Gasteiger partial charge on any atom is -0.319 e. The van der Waals surface area contributed by atoms with Crippen LogP contribution in [-0.2, 0) is 0 Å². The van der Waals surface area contributed by atoms with Crippen LogP contribution in [0, 0.1) is 18.6 Å². The number of aryl methyl sites for hydroxylation is 1. The van der Waals surface area contributed by atoms with Gasteiger partial charge >= 0.3 is 0 Å². The second kappa shape index (κ2) is 4.57. The summed E-state index contributed by atoms with van der Waals surface area (Å²) in [5.41, 5.74) is 3.68. The van der Waals surface area contributed by atoms with Gasteiger partial charge in [0.2, 0.25) is 0 Å². The van der Waals surface area contributed by atoms with Crippen molar-refractivity contribution in [2.24, 2.45) is 0 Å². The zero-order valence-corrected chi connectivity index (χ0v) is 9.74. The molecule has 1 heterocycles. The third-order valence-electron chi connectivity index (χ3n) is 2.69. The zero-order valence-electron chi connectivity index (χ0n) is 9.74. The first kappa shape index (κ1) is 11.6. The van der Waals surface area contributed by atoms with E-state index < -0.39 is 5.82 Å². The molecule has 0 bridgehead atoms. The lowest BCUT2D eigenvalue weighted by atomic mass is 10.1. The van der Waals surface area contributed by atoms with Crippen LogP contribution in [-0.4, -0.2) is 4.68 Å². The van der Waals surface area contributed by atoms with Gasteiger partial charge in [0.25, 0.3) is 0 Å². The minimum absolute atomic E-state index is 0.308.